The van der Waals surface area contributed by atoms with Crippen LogP contribution in [0.3, 0.4) is 0 Å². The fraction of sp³-hybridized carbons (Fsp3) is 0.615. The van der Waals surface area contributed by atoms with Gasteiger partial charge in [0.1, 0.15) is 18.5 Å². The number of imidazole rings is 1. The first-order chi connectivity index (χ1) is 9.86. The largest absolute Gasteiger partial charge is 0.458 e. The second-order valence-electron chi connectivity index (χ2n) is 5.05. The molecule has 0 spiro atoms. The van der Waals surface area contributed by atoms with Gasteiger partial charge < -0.3 is 9.47 Å². The van der Waals surface area contributed by atoms with Gasteiger partial charge in [0.25, 0.3) is 0 Å². The fourth-order valence-electron chi connectivity index (χ4n) is 2.09. The summed E-state index contributed by atoms with van der Waals surface area (Å²) in [7, 11) is 0. The van der Waals surface area contributed by atoms with Gasteiger partial charge in [-0.1, -0.05) is 0 Å². The standard InChI is InChI=1S/C13H16F2N2O4/c1-13(14,15)11(18)20-9-2-4-10(5-3-9)21-12(19)17-7-6-16-8-17/h6-10H,2-5H2,1H3. The summed E-state index contributed by atoms with van der Waals surface area (Å²) < 4.78 is 36.6. The molecule has 116 valence electrons. The van der Waals surface area contributed by atoms with Crippen LogP contribution < -0.4 is 0 Å². The Labute approximate surface area is 120 Å². The lowest BCUT2D eigenvalue weighted by atomic mass is 9.95. The molecule has 0 N–H and O–H groups in total. The highest BCUT2D eigenvalue weighted by Crippen LogP contribution is 2.26. The topological polar surface area (TPSA) is 70.4 Å². The Morgan fingerprint density at radius 3 is 2.24 bits per heavy atom. The van der Waals surface area contributed by atoms with Gasteiger partial charge in [-0.3, -0.25) is 0 Å². The van der Waals surface area contributed by atoms with E-state index >= 15 is 0 Å². The minimum atomic E-state index is -3.48. The highest BCUT2D eigenvalue weighted by Gasteiger charge is 2.37. The van der Waals surface area contributed by atoms with Crippen molar-refractivity contribution in [2.45, 2.75) is 50.7 Å². The first kappa shape index (κ1) is 15.4. The summed E-state index contributed by atoms with van der Waals surface area (Å²) in [5.74, 6) is -4.99. The highest BCUT2D eigenvalue weighted by atomic mass is 19.3. The van der Waals surface area contributed by atoms with Crippen LogP contribution in [0.25, 0.3) is 0 Å². The quantitative estimate of drug-likeness (QED) is 0.802. The molecule has 1 aliphatic carbocycles. The van der Waals surface area contributed by atoms with Crippen LogP contribution in [0.1, 0.15) is 32.6 Å². The number of ether oxygens (including phenoxy) is 2. The third-order valence-electron chi connectivity index (χ3n) is 3.24. The lowest BCUT2D eigenvalue weighted by Gasteiger charge is -2.28. The summed E-state index contributed by atoms with van der Waals surface area (Å²) in [5.41, 5.74) is 0. The van der Waals surface area contributed by atoms with Crippen molar-refractivity contribution in [3.63, 3.8) is 0 Å². The van der Waals surface area contributed by atoms with Crippen molar-refractivity contribution in [3.05, 3.63) is 18.7 Å². The zero-order chi connectivity index (χ0) is 15.5. The predicted molar refractivity (Wildman–Crippen MR) is 66.9 cm³/mol. The maximum Gasteiger partial charge on any atom is 0.419 e. The van der Waals surface area contributed by atoms with Crippen molar-refractivity contribution >= 4 is 12.1 Å². The molecule has 0 bridgehead atoms. The lowest BCUT2D eigenvalue weighted by Crippen LogP contribution is -2.35. The van der Waals surface area contributed by atoms with Crippen molar-refractivity contribution in [1.29, 1.82) is 0 Å². The minimum absolute atomic E-state index is 0.308. The number of nitrogens with zero attached hydrogens (tertiary/aromatic N) is 2. The molecule has 0 aliphatic heterocycles. The lowest BCUT2D eigenvalue weighted by molar-refractivity contribution is -0.177. The molecule has 1 saturated carbocycles. The molecule has 1 fully saturated rings. The molecule has 1 heterocycles. The number of carbonyl (C=O) groups excluding carboxylic acids is 2. The Hall–Kier alpha value is -1.99. The second kappa shape index (κ2) is 6.19. The Morgan fingerprint density at radius 2 is 1.76 bits per heavy atom. The van der Waals surface area contributed by atoms with E-state index in [2.05, 4.69) is 4.98 Å². The zero-order valence-corrected chi connectivity index (χ0v) is 11.5. The van der Waals surface area contributed by atoms with Crippen LogP contribution in [0.4, 0.5) is 13.6 Å². The Balaban J connectivity index is 1.76. The molecule has 0 saturated heterocycles. The number of hydrogen-bond acceptors (Lipinski definition) is 5. The Bertz CT molecular complexity index is 491. The van der Waals surface area contributed by atoms with E-state index in [4.69, 9.17) is 9.47 Å². The van der Waals surface area contributed by atoms with Crippen molar-refractivity contribution in [3.8, 4) is 0 Å². The van der Waals surface area contributed by atoms with E-state index in [0.717, 1.165) is 0 Å². The van der Waals surface area contributed by atoms with Gasteiger partial charge in [-0.2, -0.15) is 8.78 Å². The number of halogens is 2. The minimum Gasteiger partial charge on any atom is -0.458 e. The average Bonchev–Trinajstić information content (AvgIpc) is 2.94. The van der Waals surface area contributed by atoms with Gasteiger partial charge in [0.15, 0.2) is 0 Å². The molecule has 0 atom stereocenters. The number of hydrogen-bond donors (Lipinski definition) is 0. The number of esters is 1. The van der Waals surface area contributed by atoms with Gasteiger partial charge >= 0.3 is 18.0 Å². The van der Waals surface area contributed by atoms with Gasteiger partial charge in [-0.15, -0.1) is 0 Å². The van der Waals surface area contributed by atoms with E-state index in [1.807, 2.05) is 0 Å². The molecule has 6 nitrogen and oxygen atoms in total. The summed E-state index contributed by atoms with van der Waals surface area (Å²) in [4.78, 5) is 26.5. The molecular weight excluding hydrogens is 286 g/mol. The van der Waals surface area contributed by atoms with Crippen LogP contribution in [0.2, 0.25) is 0 Å². The van der Waals surface area contributed by atoms with Crippen molar-refractivity contribution < 1.29 is 27.8 Å². The molecule has 2 rings (SSSR count). The van der Waals surface area contributed by atoms with Gasteiger partial charge in [0.05, 0.1) is 0 Å². The molecule has 1 aliphatic rings. The normalized spacial score (nSPS) is 22.6. The van der Waals surface area contributed by atoms with Crippen LogP contribution in [-0.2, 0) is 14.3 Å². The molecule has 8 heteroatoms. The zero-order valence-electron chi connectivity index (χ0n) is 11.5. The number of aromatic nitrogens is 2. The molecule has 0 amide bonds. The number of rotatable bonds is 3. The Morgan fingerprint density at radius 1 is 1.19 bits per heavy atom. The Kier molecular flexibility index (Phi) is 4.54. The molecular formula is C13H16F2N2O4. The van der Waals surface area contributed by atoms with Gasteiger partial charge in [-0.05, 0) is 25.7 Å². The van der Waals surface area contributed by atoms with Crippen molar-refractivity contribution in [1.82, 2.24) is 9.55 Å². The van der Waals surface area contributed by atoms with Crippen LogP contribution in [-0.4, -0.2) is 39.7 Å². The van der Waals surface area contributed by atoms with E-state index in [1.54, 1.807) is 0 Å². The molecule has 21 heavy (non-hydrogen) atoms. The third kappa shape index (κ3) is 4.24. The van der Waals surface area contributed by atoms with E-state index in [0.29, 0.717) is 32.6 Å². The first-order valence-corrected chi connectivity index (χ1v) is 6.64. The van der Waals surface area contributed by atoms with E-state index in [1.165, 1.54) is 23.3 Å². The molecule has 0 unspecified atom stereocenters. The second-order valence-corrected chi connectivity index (χ2v) is 5.05. The van der Waals surface area contributed by atoms with E-state index in [9.17, 15) is 18.4 Å². The highest BCUT2D eigenvalue weighted by molar-refractivity contribution is 5.77. The molecule has 0 radical (unpaired) electrons. The first-order valence-electron chi connectivity index (χ1n) is 6.64. The van der Waals surface area contributed by atoms with Crippen molar-refractivity contribution in [2.24, 2.45) is 0 Å². The molecule has 0 aromatic carbocycles. The molecule has 1 aromatic rings. The van der Waals surface area contributed by atoms with Gasteiger partial charge in [0, 0.05) is 19.3 Å². The maximum absolute atomic E-state index is 12.7. The summed E-state index contributed by atoms with van der Waals surface area (Å²) in [6.07, 6.45) is 4.59. The summed E-state index contributed by atoms with van der Waals surface area (Å²) in [6, 6.07) is 0. The van der Waals surface area contributed by atoms with E-state index < -0.39 is 24.1 Å². The smallest absolute Gasteiger partial charge is 0.419 e. The fourth-order valence-corrected chi connectivity index (χ4v) is 2.09. The SMILES string of the molecule is CC(F)(F)C(=O)OC1CCC(OC(=O)n2ccnc2)CC1. The number of alkyl halides is 2. The number of carbonyl (C=O) groups is 2. The van der Waals surface area contributed by atoms with Crippen LogP contribution >= 0.6 is 0 Å². The van der Waals surface area contributed by atoms with Gasteiger partial charge in [-0.25, -0.2) is 19.1 Å². The van der Waals surface area contributed by atoms with Crippen molar-refractivity contribution in [2.75, 3.05) is 0 Å². The van der Waals surface area contributed by atoms with Crippen LogP contribution in [0, 0.1) is 0 Å². The monoisotopic (exact) mass is 302 g/mol. The predicted octanol–water partition coefficient (Wildman–Crippen LogP) is 2.38. The maximum atomic E-state index is 12.7. The molecule has 1 aromatic heterocycles. The summed E-state index contributed by atoms with van der Waals surface area (Å²) in [6.45, 7) is 0.508. The third-order valence-corrected chi connectivity index (χ3v) is 3.24. The van der Waals surface area contributed by atoms with Crippen LogP contribution in [0.5, 0.6) is 0 Å². The van der Waals surface area contributed by atoms with Gasteiger partial charge in [0.2, 0.25) is 0 Å². The summed E-state index contributed by atoms with van der Waals surface area (Å²) in [5, 5.41) is 0. The van der Waals surface area contributed by atoms with Crippen LogP contribution in [0.15, 0.2) is 18.7 Å². The average molecular weight is 302 g/mol. The summed E-state index contributed by atoms with van der Waals surface area (Å²) >= 11 is 0. The van der Waals surface area contributed by atoms with E-state index in [-0.39, 0.29) is 6.10 Å².